The van der Waals surface area contributed by atoms with Gasteiger partial charge in [-0.2, -0.15) is 0 Å². The number of ether oxygens (including phenoxy) is 2. The molecule has 160 valence electrons. The molecule has 30 heavy (non-hydrogen) atoms. The molecule has 0 atom stereocenters. The van der Waals surface area contributed by atoms with Crippen molar-refractivity contribution in [1.82, 2.24) is 14.7 Å². The maximum atomic E-state index is 12.3. The van der Waals surface area contributed by atoms with Gasteiger partial charge in [0.15, 0.2) is 11.5 Å². The third-order valence-electron chi connectivity index (χ3n) is 4.83. The molecule has 1 heterocycles. The van der Waals surface area contributed by atoms with E-state index in [0.717, 1.165) is 12.2 Å². The monoisotopic (exact) mass is 431 g/mol. The summed E-state index contributed by atoms with van der Waals surface area (Å²) in [6.07, 6.45) is 1.44. The zero-order valence-corrected chi connectivity index (χ0v) is 18.4. The van der Waals surface area contributed by atoms with Gasteiger partial charge < -0.3 is 19.7 Å². The highest BCUT2D eigenvalue weighted by molar-refractivity contribution is 7.89. The van der Waals surface area contributed by atoms with Crippen LogP contribution >= 0.6 is 0 Å². The molecule has 0 aliphatic heterocycles. The van der Waals surface area contributed by atoms with Crippen molar-refractivity contribution in [1.29, 1.82) is 0 Å². The van der Waals surface area contributed by atoms with Crippen molar-refractivity contribution >= 4 is 38.1 Å². The average molecular weight is 432 g/mol. The second-order valence-corrected chi connectivity index (χ2v) is 8.36. The van der Waals surface area contributed by atoms with Gasteiger partial charge in [0.05, 0.1) is 36.0 Å². The fraction of sp³-hybridized carbons (Fsp3) is 0.300. The fourth-order valence-corrected chi connectivity index (χ4v) is 3.77. The number of benzene rings is 2. The number of sulfonamides is 1. The van der Waals surface area contributed by atoms with E-state index in [0.29, 0.717) is 33.9 Å². The zero-order valence-electron chi connectivity index (χ0n) is 17.6. The van der Waals surface area contributed by atoms with Crippen molar-refractivity contribution in [3.05, 3.63) is 36.7 Å². The van der Waals surface area contributed by atoms with Crippen LogP contribution in [-0.2, 0) is 10.0 Å². The van der Waals surface area contributed by atoms with E-state index in [1.807, 2.05) is 18.9 Å². The topological polar surface area (TPSA) is 106 Å². The number of hydrogen-bond acceptors (Lipinski definition) is 8. The van der Waals surface area contributed by atoms with E-state index in [1.165, 1.54) is 13.4 Å². The summed E-state index contributed by atoms with van der Waals surface area (Å²) in [4.78, 5) is 10.8. The number of fused-ring (bicyclic) bond motifs is 1. The summed E-state index contributed by atoms with van der Waals surface area (Å²) in [5.74, 6) is 1.62. The summed E-state index contributed by atoms with van der Waals surface area (Å²) >= 11 is 0. The number of aromatic nitrogens is 2. The molecule has 0 fully saturated rings. The van der Waals surface area contributed by atoms with Crippen LogP contribution < -0.4 is 24.4 Å². The maximum Gasteiger partial charge on any atom is 0.240 e. The first-order valence-corrected chi connectivity index (χ1v) is 10.7. The molecule has 0 unspecified atom stereocenters. The van der Waals surface area contributed by atoms with Crippen molar-refractivity contribution in [3.63, 3.8) is 0 Å². The number of methoxy groups -OCH3 is 2. The number of nitrogens with one attached hydrogen (secondary N) is 2. The lowest BCUT2D eigenvalue weighted by molar-refractivity contribution is 0.356. The summed E-state index contributed by atoms with van der Waals surface area (Å²) < 4.78 is 37.7. The van der Waals surface area contributed by atoms with Crippen molar-refractivity contribution < 1.29 is 17.9 Å². The fourth-order valence-electron chi connectivity index (χ4n) is 3.01. The Balaban J connectivity index is 2.17. The quantitative estimate of drug-likeness (QED) is 0.561. The maximum absolute atomic E-state index is 12.3. The van der Waals surface area contributed by atoms with Crippen LogP contribution in [0.3, 0.4) is 0 Å². The summed E-state index contributed by atoms with van der Waals surface area (Å²) in [6, 6.07) is 8.48. The number of rotatable bonds is 8. The molecule has 3 aromatic rings. The van der Waals surface area contributed by atoms with Gasteiger partial charge in [-0.15, -0.1) is 0 Å². The largest absolute Gasteiger partial charge is 0.493 e. The molecular weight excluding hydrogens is 406 g/mol. The van der Waals surface area contributed by atoms with Crippen molar-refractivity contribution in [2.24, 2.45) is 0 Å². The Hall–Kier alpha value is -3.11. The van der Waals surface area contributed by atoms with Gasteiger partial charge in [0.25, 0.3) is 0 Å². The Morgan fingerprint density at radius 1 is 1.07 bits per heavy atom. The summed E-state index contributed by atoms with van der Waals surface area (Å²) in [5, 5.41) is 3.99. The highest BCUT2D eigenvalue weighted by Crippen LogP contribution is 2.36. The molecule has 0 saturated carbocycles. The van der Waals surface area contributed by atoms with Crippen LogP contribution in [0.2, 0.25) is 0 Å². The lowest BCUT2D eigenvalue weighted by atomic mass is 10.2. The second-order valence-electron chi connectivity index (χ2n) is 6.47. The van der Waals surface area contributed by atoms with E-state index < -0.39 is 10.0 Å². The number of anilines is 3. The third kappa shape index (κ3) is 4.10. The van der Waals surface area contributed by atoms with E-state index in [9.17, 15) is 8.42 Å². The van der Waals surface area contributed by atoms with Gasteiger partial charge in [0.1, 0.15) is 12.1 Å². The van der Waals surface area contributed by atoms with Crippen LogP contribution in [0.4, 0.5) is 17.2 Å². The highest BCUT2D eigenvalue weighted by Gasteiger charge is 2.17. The van der Waals surface area contributed by atoms with Crippen LogP contribution in [0.25, 0.3) is 10.9 Å². The first-order valence-electron chi connectivity index (χ1n) is 9.27. The lowest BCUT2D eigenvalue weighted by Gasteiger charge is -2.22. The van der Waals surface area contributed by atoms with Crippen molar-refractivity contribution in [2.75, 3.05) is 45.1 Å². The van der Waals surface area contributed by atoms with Crippen LogP contribution in [0, 0.1) is 0 Å². The van der Waals surface area contributed by atoms with E-state index >= 15 is 0 Å². The van der Waals surface area contributed by atoms with Crippen LogP contribution in [0.15, 0.2) is 41.6 Å². The molecule has 0 saturated heterocycles. The predicted octanol–water partition coefficient (Wildman–Crippen LogP) is 2.75. The Labute approximate surface area is 176 Å². The molecule has 2 aromatic carbocycles. The summed E-state index contributed by atoms with van der Waals surface area (Å²) in [6.45, 7) is 2.75. The Morgan fingerprint density at radius 2 is 1.77 bits per heavy atom. The molecule has 2 N–H and O–H groups in total. The molecule has 9 nitrogen and oxygen atoms in total. The van der Waals surface area contributed by atoms with Crippen LogP contribution in [0.1, 0.15) is 6.92 Å². The normalized spacial score (nSPS) is 11.4. The predicted molar refractivity (Wildman–Crippen MR) is 118 cm³/mol. The molecule has 10 heteroatoms. The number of nitrogens with zero attached hydrogens (tertiary/aromatic N) is 3. The van der Waals surface area contributed by atoms with Crippen molar-refractivity contribution in [2.45, 2.75) is 11.8 Å². The molecule has 0 spiro atoms. The highest BCUT2D eigenvalue weighted by atomic mass is 32.2. The lowest BCUT2D eigenvalue weighted by Crippen LogP contribution is -2.20. The van der Waals surface area contributed by atoms with Crippen LogP contribution in [-0.4, -0.2) is 53.2 Å². The molecule has 0 aliphatic carbocycles. The van der Waals surface area contributed by atoms with Gasteiger partial charge in [-0.1, -0.05) is 0 Å². The minimum absolute atomic E-state index is 0.151. The second kappa shape index (κ2) is 8.72. The first-order chi connectivity index (χ1) is 14.3. The first kappa shape index (κ1) is 21.6. The Kier molecular flexibility index (Phi) is 6.28. The Bertz CT molecular complexity index is 1170. The van der Waals surface area contributed by atoms with E-state index in [1.54, 1.807) is 44.6 Å². The van der Waals surface area contributed by atoms with E-state index in [-0.39, 0.29) is 4.90 Å². The molecule has 0 aliphatic rings. The third-order valence-corrected chi connectivity index (χ3v) is 6.24. The van der Waals surface area contributed by atoms with E-state index in [2.05, 4.69) is 20.0 Å². The summed E-state index contributed by atoms with van der Waals surface area (Å²) in [7, 11) is 2.82. The molecule has 0 amide bonds. The van der Waals surface area contributed by atoms with Gasteiger partial charge in [-0.25, -0.2) is 23.1 Å². The average Bonchev–Trinajstić information content (AvgIpc) is 2.77. The molecule has 3 rings (SSSR count). The zero-order chi connectivity index (χ0) is 21.9. The van der Waals surface area contributed by atoms with Gasteiger partial charge >= 0.3 is 0 Å². The standard InChI is InChI=1S/C20H25N5O4S/c1-6-25(3)17-8-7-13(30(26,27)21-2)9-16(17)24-20-14-10-18(28-4)19(29-5)11-15(14)22-12-23-20/h7-12,21H,6H2,1-5H3,(H,22,23,24). The van der Waals surface area contributed by atoms with Crippen LogP contribution in [0.5, 0.6) is 11.5 Å². The molecular formula is C20H25N5O4S. The van der Waals surface area contributed by atoms with E-state index in [4.69, 9.17) is 9.47 Å². The minimum Gasteiger partial charge on any atom is -0.493 e. The van der Waals surface area contributed by atoms with Gasteiger partial charge in [0.2, 0.25) is 10.0 Å². The number of hydrogen-bond donors (Lipinski definition) is 2. The molecule has 0 radical (unpaired) electrons. The Morgan fingerprint density at radius 3 is 2.40 bits per heavy atom. The van der Waals surface area contributed by atoms with Crippen molar-refractivity contribution in [3.8, 4) is 11.5 Å². The van der Waals surface area contributed by atoms with Gasteiger partial charge in [-0.05, 0) is 38.2 Å². The smallest absolute Gasteiger partial charge is 0.240 e. The molecule has 0 bridgehead atoms. The summed E-state index contributed by atoms with van der Waals surface area (Å²) in [5.41, 5.74) is 2.10. The molecule has 1 aromatic heterocycles. The van der Waals surface area contributed by atoms with Gasteiger partial charge in [-0.3, -0.25) is 0 Å². The SMILES string of the molecule is CCN(C)c1ccc(S(=O)(=O)NC)cc1Nc1ncnc2cc(OC)c(OC)cc12. The minimum atomic E-state index is -3.60. The van der Waals surface area contributed by atoms with Gasteiger partial charge in [0, 0.05) is 25.0 Å².